The third-order valence-electron chi connectivity index (χ3n) is 7.88. The van der Waals surface area contributed by atoms with E-state index in [4.69, 9.17) is 9.15 Å². The fourth-order valence-corrected chi connectivity index (χ4v) is 6.02. The summed E-state index contributed by atoms with van der Waals surface area (Å²) in [6, 6.07) is 14.3. The second-order valence-electron chi connectivity index (χ2n) is 10.4. The summed E-state index contributed by atoms with van der Waals surface area (Å²) in [7, 11) is 0. The van der Waals surface area contributed by atoms with E-state index in [9.17, 15) is 14.4 Å². The van der Waals surface area contributed by atoms with E-state index in [0.717, 1.165) is 43.4 Å². The molecule has 1 saturated heterocycles. The van der Waals surface area contributed by atoms with Crippen molar-refractivity contribution in [1.82, 2.24) is 15.1 Å². The summed E-state index contributed by atoms with van der Waals surface area (Å²) in [6.45, 7) is 7.13. The van der Waals surface area contributed by atoms with Crippen LogP contribution in [0.4, 0.5) is 4.79 Å². The van der Waals surface area contributed by atoms with Gasteiger partial charge in [0, 0.05) is 23.3 Å². The lowest BCUT2D eigenvalue weighted by Crippen LogP contribution is -2.49. The number of likely N-dealkylation sites (tertiary alicyclic amines) is 1. The van der Waals surface area contributed by atoms with Crippen molar-refractivity contribution in [2.45, 2.75) is 45.7 Å². The molecule has 0 radical (unpaired) electrons. The van der Waals surface area contributed by atoms with Gasteiger partial charge >= 0.3 is 12.0 Å². The SMILES string of the molecule is CCOC(=O)C1=C(C)N(CCC2CCN(Cc3ccccc3)CC2)C(=O)NC1c1coc2ccc(Br)cc2c1=O. The molecule has 0 spiro atoms. The first-order valence-electron chi connectivity index (χ1n) is 13.8. The average Bonchev–Trinajstić information content (AvgIpc) is 2.94. The molecule has 1 unspecified atom stereocenters. The number of hydrogen-bond donors (Lipinski definition) is 1. The Labute approximate surface area is 242 Å². The zero-order valence-corrected chi connectivity index (χ0v) is 24.4. The van der Waals surface area contributed by atoms with E-state index in [2.05, 4.69) is 50.4 Å². The molecule has 0 saturated carbocycles. The van der Waals surface area contributed by atoms with Gasteiger partial charge in [-0.2, -0.15) is 0 Å². The number of allylic oxidation sites excluding steroid dienone is 1. The van der Waals surface area contributed by atoms with Gasteiger partial charge < -0.3 is 14.5 Å². The number of carbonyl (C=O) groups is 2. The van der Waals surface area contributed by atoms with Crippen molar-refractivity contribution in [1.29, 1.82) is 0 Å². The summed E-state index contributed by atoms with van der Waals surface area (Å²) in [5, 5.41) is 3.26. The van der Waals surface area contributed by atoms with Gasteiger partial charge in [0.15, 0.2) is 5.43 Å². The number of esters is 1. The van der Waals surface area contributed by atoms with Crippen LogP contribution in [-0.2, 0) is 16.1 Å². The Morgan fingerprint density at radius 1 is 1.12 bits per heavy atom. The first-order chi connectivity index (χ1) is 19.4. The topological polar surface area (TPSA) is 92.1 Å². The summed E-state index contributed by atoms with van der Waals surface area (Å²) in [5.74, 6) is -0.0691. The van der Waals surface area contributed by atoms with E-state index < -0.39 is 12.0 Å². The second-order valence-corrected chi connectivity index (χ2v) is 11.3. The predicted octanol–water partition coefficient (Wildman–Crippen LogP) is 5.76. The smallest absolute Gasteiger partial charge is 0.338 e. The third kappa shape index (κ3) is 6.00. The first-order valence-corrected chi connectivity index (χ1v) is 14.6. The van der Waals surface area contributed by atoms with Crippen molar-refractivity contribution in [2.24, 2.45) is 5.92 Å². The zero-order valence-electron chi connectivity index (χ0n) is 22.8. The lowest BCUT2D eigenvalue weighted by molar-refractivity contribution is -0.139. The van der Waals surface area contributed by atoms with Gasteiger partial charge in [0.25, 0.3) is 0 Å². The Morgan fingerprint density at radius 3 is 2.60 bits per heavy atom. The third-order valence-corrected chi connectivity index (χ3v) is 8.37. The highest BCUT2D eigenvalue weighted by Gasteiger charge is 2.38. The lowest BCUT2D eigenvalue weighted by Gasteiger charge is -2.37. The molecule has 0 aliphatic carbocycles. The van der Waals surface area contributed by atoms with Crippen molar-refractivity contribution < 1.29 is 18.7 Å². The van der Waals surface area contributed by atoms with Gasteiger partial charge in [-0.3, -0.25) is 14.6 Å². The maximum Gasteiger partial charge on any atom is 0.338 e. The molecule has 2 aromatic carbocycles. The van der Waals surface area contributed by atoms with Gasteiger partial charge in [0.1, 0.15) is 11.8 Å². The number of nitrogens with one attached hydrogen (secondary N) is 1. The second kappa shape index (κ2) is 12.4. The number of fused-ring (bicyclic) bond motifs is 1. The number of benzene rings is 2. The van der Waals surface area contributed by atoms with Gasteiger partial charge in [0.05, 0.1) is 29.2 Å². The molecule has 1 aromatic heterocycles. The Kier molecular flexibility index (Phi) is 8.71. The van der Waals surface area contributed by atoms with Crippen LogP contribution in [-0.4, -0.2) is 48.0 Å². The maximum atomic E-state index is 13.5. The van der Waals surface area contributed by atoms with Gasteiger partial charge in [-0.1, -0.05) is 46.3 Å². The molecule has 1 atom stereocenters. The first kappa shape index (κ1) is 28.1. The van der Waals surface area contributed by atoms with Crippen LogP contribution < -0.4 is 10.7 Å². The number of nitrogens with zero attached hydrogens (tertiary/aromatic N) is 2. The Balaban J connectivity index is 1.33. The van der Waals surface area contributed by atoms with E-state index in [-0.39, 0.29) is 29.2 Å². The molecule has 0 bridgehead atoms. The standard InChI is InChI=1S/C31H34BrN3O5/c1-3-39-30(37)27-20(2)35(16-13-21-11-14-34(15-12-21)18-22-7-5-4-6-8-22)31(38)33-28(27)25-19-40-26-10-9-23(32)17-24(26)29(25)36/h4-10,17,19,21,28H,3,11-16,18H2,1-2H3,(H,33,38). The lowest BCUT2D eigenvalue weighted by atomic mass is 9.92. The molecule has 1 fully saturated rings. The fourth-order valence-electron chi connectivity index (χ4n) is 5.66. The summed E-state index contributed by atoms with van der Waals surface area (Å²) >= 11 is 3.39. The molecule has 3 heterocycles. The van der Waals surface area contributed by atoms with E-state index in [1.807, 2.05) is 6.07 Å². The van der Waals surface area contributed by atoms with Crippen molar-refractivity contribution in [3.8, 4) is 0 Å². The molecule has 2 amide bonds. The molecule has 1 N–H and O–H groups in total. The van der Waals surface area contributed by atoms with Gasteiger partial charge in [-0.25, -0.2) is 9.59 Å². The van der Waals surface area contributed by atoms with Crippen LogP contribution >= 0.6 is 15.9 Å². The number of halogens is 1. The highest BCUT2D eigenvalue weighted by Crippen LogP contribution is 2.32. The fraction of sp³-hybridized carbons (Fsp3) is 0.387. The molecule has 2 aliphatic rings. The minimum atomic E-state index is -0.969. The number of hydrogen-bond acceptors (Lipinski definition) is 6. The van der Waals surface area contributed by atoms with Crippen LogP contribution in [0.1, 0.15) is 50.3 Å². The van der Waals surface area contributed by atoms with Crippen LogP contribution in [0, 0.1) is 5.92 Å². The Hall–Kier alpha value is -3.43. The van der Waals surface area contributed by atoms with E-state index in [1.54, 1.807) is 36.9 Å². The molecule has 9 heteroatoms. The highest BCUT2D eigenvalue weighted by atomic mass is 79.9. The molecule has 5 rings (SSSR count). The van der Waals surface area contributed by atoms with Crippen molar-refractivity contribution in [3.05, 3.63) is 91.9 Å². The number of urea groups is 1. The number of amides is 2. The van der Waals surface area contributed by atoms with Crippen LogP contribution in [0.15, 0.2) is 79.7 Å². The molecular weight excluding hydrogens is 574 g/mol. The Morgan fingerprint density at radius 2 is 1.88 bits per heavy atom. The zero-order chi connectivity index (χ0) is 28.2. The summed E-state index contributed by atoms with van der Waals surface area (Å²) in [4.78, 5) is 44.0. The molecule has 40 heavy (non-hydrogen) atoms. The minimum Gasteiger partial charge on any atom is -0.464 e. The van der Waals surface area contributed by atoms with Gasteiger partial charge in [-0.15, -0.1) is 0 Å². The maximum absolute atomic E-state index is 13.5. The molecule has 3 aromatic rings. The summed E-state index contributed by atoms with van der Waals surface area (Å²) in [6.07, 6.45) is 4.28. The van der Waals surface area contributed by atoms with Gasteiger partial charge in [0.2, 0.25) is 0 Å². The average molecular weight is 609 g/mol. The molecule has 8 nitrogen and oxygen atoms in total. The number of piperidine rings is 1. The predicted molar refractivity (Wildman–Crippen MR) is 157 cm³/mol. The van der Waals surface area contributed by atoms with Crippen molar-refractivity contribution >= 4 is 38.9 Å². The number of carbonyl (C=O) groups excluding carboxylic acids is 2. The number of ether oxygens (including phenoxy) is 1. The summed E-state index contributed by atoms with van der Waals surface area (Å²) in [5.41, 5.74) is 2.38. The molecule has 210 valence electrons. The Bertz CT molecular complexity index is 1480. The van der Waals surface area contributed by atoms with Crippen molar-refractivity contribution in [3.63, 3.8) is 0 Å². The van der Waals surface area contributed by atoms with Crippen LogP contribution in [0.5, 0.6) is 0 Å². The quantitative estimate of drug-likeness (QED) is 0.327. The minimum absolute atomic E-state index is 0.178. The molecule has 2 aliphatic heterocycles. The van der Waals surface area contributed by atoms with Crippen LogP contribution in [0.2, 0.25) is 0 Å². The van der Waals surface area contributed by atoms with E-state index in [0.29, 0.717) is 29.1 Å². The number of rotatable bonds is 8. The summed E-state index contributed by atoms with van der Waals surface area (Å²) < 4.78 is 11.8. The largest absolute Gasteiger partial charge is 0.464 e. The van der Waals surface area contributed by atoms with Crippen molar-refractivity contribution in [2.75, 3.05) is 26.2 Å². The molecular formula is C31H34BrN3O5. The van der Waals surface area contributed by atoms with E-state index >= 15 is 0 Å². The van der Waals surface area contributed by atoms with E-state index in [1.165, 1.54) is 11.8 Å². The van der Waals surface area contributed by atoms with Crippen LogP contribution in [0.25, 0.3) is 11.0 Å². The highest BCUT2D eigenvalue weighted by molar-refractivity contribution is 9.10. The van der Waals surface area contributed by atoms with Crippen LogP contribution in [0.3, 0.4) is 0 Å². The normalized spacial score (nSPS) is 18.7. The monoisotopic (exact) mass is 607 g/mol. The van der Waals surface area contributed by atoms with Gasteiger partial charge in [-0.05, 0) is 75.9 Å².